The van der Waals surface area contributed by atoms with Gasteiger partial charge in [-0.05, 0) is 84.1 Å². The molecule has 0 spiro atoms. The van der Waals surface area contributed by atoms with Crippen LogP contribution < -0.4 is 15.4 Å². The van der Waals surface area contributed by atoms with E-state index >= 15 is 0 Å². The van der Waals surface area contributed by atoms with Gasteiger partial charge in [0, 0.05) is 12.5 Å². The third kappa shape index (κ3) is 8.79. The minimum absolute atomic E-state index is 0.0154. The average Bonchev–Trinajstić information content (AvgIpc) is 3.32. The molecule has 1 saturated heterocycles. The monoisotopic (exact) mass is 662 g/mol. The van der Waals surface area contributed by atoms with Crippen molar-refractivity contribution in [3.63, 3.8) is 0 Å². The number of alkyl halides is 3. The molecule has 15 heteroatoms. The molecular weight excluding hydrogens is 617 g/mol. The van der Waals surface area contributed by atoms with E-state index in [0.29, 0.717) is 57.9 Å². The van der Waals surface area contributed by atoms with Crippen LogP contribution in [-0.4, -0.2) is 72.3 Å². The van der Waals surface area contributed by atoms with Crippen LogP contribution in [0.5, 0.6) is 0 Å². The molecule has 2 heterocycles. The Kier molecular flexibility index (Phi) is 11.1. The summed E-state index contributed by atoms with van der Waals surface area (Å²) in [7, 11) is -3.90. The van der Waals surface area contributed by atoms with Crippen LogP contribution in [0, 0.1) is 11.8 Å². The summed E-state index contributed by atoms with van der Waals surface area (Å²) >= 11 is 0. The molecule has 11 nitrogen and oxygen atoms in total. The van der Waals surface area contributed by atoms with Crippen molar-refractivity contribution in [2.24, 2.45) is 11.8 Å². The summed E-state index contributed by atoms with van der Waals surface area (Å²) in [5, 5.41) is 4.38. The van der Waals surface area contributed by atoms with E-state index in [1.165, 1.54) is 11.8 Å². The molecule has 4 amide bonds. The van der Waals surface area contributed by atoms with Crippen molar-refractivity contribution in [3.8, 4) is 0 Å². The predicted molar refractivity (Wildman–Crippen MR) is 160 cm³/mol. The molecule has 1 saturated carbocycles. The molecule has 3 aliphatic rings. The summed E-state index contributed by atoms with van der Waals surface area (Å²) in [6.45, 7) is 8.27. The molecule has 0 bridgehead atoms. The number of ether oxygens (including phenoxy) is 1. The number of amides is 4. The first-order chi connectivity index (χ1) is 20.7. The molecule has 0 aromatic rings. The maximum Gasteiger partial charge on any atom is 0.427 e. The topological polar surface area (TPSA) is 151 Å². The second kappa shape index (κ2) is 13.7. The van der Waals surface area contributed by atoms with Gasteiger partial charge < -0.3 is 15.0 Å². The maximum absolute atomic E-state index is 13.9. The predicted octanol–water partition coefficient (Wildman–Crippen LogP) is 4.20. The molecule has 0 aromatic heterocycles. The Bertz CT molecular complexity index is 1340. The molecule has 2 fully saturated rings. The van der Waals surface area contributed by atoms with Gasteiger partial charge in [0.05, 0.1) is 17.2 Å². The number of nitrogens with zero attached hydrogens (tertiary/aromatic N) is 1. The average molecular weight is 663 g/mol. The Hall–Kier alpha value is -3.10. The third-order valence-electron chi connectivity index (χ3n) is 8.91. The fourth-order valence-corrected chi connectivity index (χ4v) is 6.69. The third-order valence-corrected chi connectivity index (χ3v) is 10.8. The molecule has 254 valence electrons. The number of hydrogen-bond acceptors (Lipinski definition) is 7. The van der Waals surface area contributed by atoms with Gasteiger partial charge in [-0.15, -0.1) is 0 Å². The standard InChI is InChI=1S/C30H45F3N4O7S/c1-7-20(4)45(42,43)36-23(38)17-29-16-21(29)12-9-8-11-18(2)15-19(3)24(34-27(41)44-28(5,6)30(31,32)33)26(40)37-14-10-13-22(37)25(39)35-29/h9,12,18,20-22H,7-8,10-11,13-17H2,1-6H3,(H,34,41)(H,35,39)(H,36,38)/b12-9?,24-19+. The van der Waals surface area contributed by atoms with Crippen LogP contribution in [0.3, 0.4) is 0 Å². The summed E-state index contributed by atoms with van der Waals surface area (Å²) < 4.78 is 71.9. The Labute approximate surface area is 262 Å². The molecule has 5 unspecified atom stereocenters. The zero-order valence-electron chi connectivity index (χ0n) is 26.7. The molecule has 1 aliphatic carbocycles. The second-order valence-electron chi connectivity index (χ2n) is 13.1. The van der Waals surface area contributed by atoms with E-state index in [9.17, 15) is 40.8 Å². The van der Waals surface area contributed by atoms with Crippen molar-refractivity contribution in [1.29, 1.82) is 0 Å². The van der Waals surface area contributed by atoms with E-state index in [0.717, 1.165) is 0 Å². The van der Waals surface area contributed by atoms with Crippen molar-refractivity contribution in [3.05, 3.63) is 23.4 Å². The Morgan fingerprint density at radius 2 is 1.89 bits per heavy atom. The van der Waals surface area contributed by atoms with Crippen molar-refractivity contribution in [2.45, 2.75) is 122 Å². The fourth-order valence-electron chi connectivity index (χ4n) is 5.66. The number of rotatable bonds is 7. The van der Waals surface area contributed by atoms with Crippen molar-refractivity contribution in [2.75, 3.05) is 6.54 Å². The number of allylic oxidation sites excluding steroid dienone is 2. The zero-order chi connectivity index (χ0) is 34.0. The maximum atomic E-state index is 13.9. The first-order valence-corrected chi connectivity index (χ1v) is 16.9. The normalized spacial score (nSPS) is 29.0. The van der Waals surface area contributed by atoms with E-state index in [-0.39, 0.29) is 36.9 Å². The molecule has 3 N–H and O–H groups in total. The minimum Gasteiger partial charge on any atom is -0.434 e. The van der Waals surface area contributed by atoms with Crippen LogP contribution in [0.1, 0.15) is 92.9 Å². The van der Waals surface area contributed by atoms with Gasteiger partial charge in [-0.25, -0.2) is 13.2 Å². The molecule has 45 heavy (non-hydrogen) atoms. The Morgan fingerprint density at radius 1 is 1.22 bits per heavy atom. The van der Waals surface area contributed by atoms with Crippen LogP contribution in [-0.2, 0) is 29.1 Å². The highest BCUT2D eigenvalue weighted by molar-refractivity contribution is 7.90. The van der Waals surface area contributed by atoms with Gasteiger partial charge in [0.1, 0.15) is 11.7 Å². The lowest BCUT2D eigenvalue weighted by molar-refractivity contribution is -0.243. The number of halogens is 3. The quantitative estimate of drug-likeness (QED) is 0.346. The highest BCUT2D eigenvalue weighted by Crippen LogP contribution is 2.48. The number of carbonyl (C=O) groups excluding carboxylic acids is 4. The van der Waals surface area contributed by atoms with Crippen molar-refractivity contribution < 1.29 is 45.5 Å². The minimum atomic E-state index is -4.86. The van der Waals surface area contributed by atoms with Gasteiger partial charge >= 0.3 is 12.3 Å². The molecule has 0 aromatic carbocycles. The smallest absolute Gasteiger partial charge is 0.427 e. The second-order valence-corrected chi connectivity index (χ2v) is 15.2. The van der Waals surface area contributed by atoms with Gasteiger partial charge in [-0.2, -0.15) is 13.2 Å². The number of hydrogen-bond donors (Lipinski definition) is 3. The van der Waals surface area contributed by atoms with E-state index < -0.39 is 62.4 Å². The lowest BCUT2D eigenvalue weighted by atomic mass is 9.95. The van der Waals surface area contributed by atoms with E-state index in [1.54, 1.807) is 13.8 Å². The van der Waals surface area contributed by atoms with E-state index in [1.807, 2.05) is 19.1 Å². The first kappa shape index (κ1) is 36.4. The molecule has 2 aliphatic heterocycles. The molecule has 0 radical (unpaired) electrons. The summed E-state index contributed by atoms with van der Waals surface area (Å²) in [4.78, 5) is 54.4. The molecular formula is C30H45F3N4O7S. The molecule has 3 rings (SSSR count). The summed E-state index contributed by atoms with van der Waals surface area (Å²) in [6.07, 6.45) is 0.325. The zero-order valence-corrected chi connectivity index (χ0v) is 27.5. The fraction of sp³-hybridized carbons (Fsp3) is 0.733. The highest BCUT2D eigenvalue weighted by atomic mass is 32.2. The SMILES string of the molecule is CCC(C)S(=O)(=O)NC(=O)CC12CC1C=CCCC(C)C/C(C)=C(/NC(=O)OC(C)(C)C(F)(F)F)C(=O)N1CCCC1C(=O)N2. The lowest BCUT2D eigenvalue weighted by Crippen LogP contribution is -2.53. The van der Waals surface area contributed by atoms with Crippen LogP contribution in [0.4, 0.5) is 18.0 Å². The highest BCUT2D eigenvalue weighted by Gasteiger charge is 2.56. The van der Waals surface area contributed by atoms with Gasteiger partial charge in [0.15, 0.2) is 0 Å². The number of nitrogens with one attached hydrogen (secondary N) is 3. The van der Waals surface area contributed by atoms with Crippen LogP contribution in [0.2, 0.25) is 0 Å². The van der Waals surface area contributed by atoms with E-state index in [4.69, 9.17) is 0 Å². The largest absolute Gasteiger partial charge is 0.434 e. The first-order valence-electron chi connectivity index (χ1n) is 15.3. The van der Waals surface area contributed by atoms with Crippen molar-refractivity contribution >= 4 is 33.8 Å². The summed E-state index contributed by atoms with van der Waals surface area (Å²) in [5.41, 5.74) is -3.69. The van der Waals surface area contributed by atoms with Gasteiger partial charge in [0.25, 0.3) is 5.91 Å². The van der Waals surface area contributed by atoms with Crippen molar-refractivity contribution in [1.82, 2.24) is 20.3 Å². The van der Waals surface area contributed by atoms with E-state index in [2.05, 4.69) is 20.1 Å². The number of fused-ring (bicyclic) bond motifs is 2. The number of carbonyl (C=O) groups is 4. The van der Waals surface area contributed by atoms with Gasteiger partial charge in [0.2, 0.25) is 27.4 Å². The van der Waals surface area contributed by atoms with Crippen LogP contribution in [0.25, 0.3) is 0 Å². The van der Waals surface area contributed by atoms with Crippen LogP contribution in [0.15, 0.2) is 23.4 Å². The summed E-state index contributed by atoms with van der Waals surface area (Å²) in [6, 6.07) is -0.985. The van der Waals surface area contributed by atoms with Gasteiger partial charge in [-0.3, -0.25) is 24.4 Å². The summed E-state index contributed by atoms with van der Waals surface area (Å²) in [5.74, 6) is -2.24. The Balaban J connectivity index is 1.90. The number of alkyl carbamates (subject to hydrolysis) is 1. The van der Waals surface area contributed by atoms with Crippen LogP contribution >= 0.6 is 0 Å². The van der Waals surface area contributed by atoms with Gasteiger partial charge in [-0.1, -0.05) is 26.0 Å². The lowest BCUT2D eigenvalue weighted by Gasteiger charge is -2.30. The molecule has 5 atom stereocenters. The number of sulfonamides is 1. The Morgan fingerprint density at radius 3 is 2.51 bits per heavy atom.